The fourth-order valence-electron chi connectivity index (χ4n) is 3.46. The summed E-state index contributed by atoms with van der Waals surface area (Å²) >= 11 is 0. The molecule has 1 heterocycles. The van der Waals surface area contributed by atoms with Gasteiger partial charge in [-0.15, -0.1) is 0 Å². The van der Waals surface area contributed by atoms with Gasteiger partial charge in [-0.3, -0.25) is 9.69 Å². The Bertz CT molecular complexity index is 739. The number of benzene rings is 2. The normalized spacial score (nSPS) is 15.3. The first-order chi connectivity index (χ1) is 13.2. The quantitative estimate of drug-likeness (QED) is 0.776. The molecule has 1 amide bonds. The maximum Gasteiger partial charge on any atom is 0.258 e. The van der Waals surface area contributed by atoms with E-state index in [0.717, 1.165) is 30.2 Å². The number of aryl methyl sites for hydroxylation is 1. The molecule has 2 aromatic rings. The van der Waals surface area contributed by atoms with E-state index in [1.54, 1.807) is 7.11 Å². The van der Waals surface area contributed by atoms with Crippen LogP contribution in [-0.2, 0) is 4.79 Å². The van der Waals surface area contributed by atoms with E-state index >= 15 is 0 Å². The van der Waals surface area contributed by atoms with Crippen LogP contribution in [0, 0.1) is 6.92 Å². The maximum atomic E-state index is 12.3. The van der Waals surface area contributed by atoms with Crippen LogP contribution in [0.1, 0.15) is 30.0 Å². The molecule has 0 spiro atoms. The van der Waals surface area contributed by atoms with Gasteiger partial charge in [-0.1, -0.05) is 30.3 Å². The van der Waals surface area contributed by atoms with E-state index in [-0.39, 0.29) is 18.6 Å². The first-order valence-corrected chi connectivity index (χ1v) is 9.50. The second kappa shape index (κ2) is 9.42. The zero-order chi connectivity index (χ0) is 19.1. The van der Waals surface area contributed by atoms with E-state index in [2.05, 4.69) is 22.3 Å². The van der Waals surface area contributed by atoms with Crippen LogP contribution in [0.3, 0.4) is 0 Å². The highest BCUT2D eigenvalue weighted by atomic mass is 16.5. The van der Waals surface area contributed by atoms with Gasteiger partial charge in [-0.25, -0.2) is 0 Å². The van der Waals surface area contributed by atoms with Gasteiger partial charge in [0.15, 0.2) is 6.61 Å². The van der Waals surface area contributed by atoms with Gasteiger partial charge in [0.1, 0.15) is 11.5 Å². The van der Waals surface area contributed by atoms with Crippen LogP contribution >= 0.6 is 0 Å². The molecule has 5 nitrogen and oxygen atoms in total. The van der Waals surface area contributed by atoms with Crippen molar-refractivity contribution in [1.29, 1.82) is 0 Å². The van der Waals surface area contributed by atoms with Crippen molar-refractivity contribution in [2.45, 2.75) is 25.8 Å². The Labute approximate surface area is 161 Å². The molecule has 1 aliphatic rings. The lowest BCUT2D eigenvalue weighted by Gasteiger charge is -2.28. The Hall–Kier alpha value is -2.53. The van der Waals surface area contributed by atoms with Crippen molar-refractivity contribution in [3.63, 3.8) is 0 Å². The number of carbonyl (C=O) groups is 1. The molecule has 2 aromatic carbocycles. The SMILES string of the molecule is COc1ccc([C@H](CNC(=O)COc2ccccc2C)N2CCCC2)cc1. The van der Waals surface area contributed by atoms with Crippen LogP contribution in [0.2, 0.25) is 0 Å². The second-order valence-corrected chi connectivity index (χ2v) is 6.89. The highest BCUT2D eigenvalue weighted by Crippen LogP contribution is 2.26. The average molecular weight is 368 g/mol. The summed E-state index contributed by atoms with van der Waals surface area (Å²) in [6.45, 7) is 4.70. The van der Waals surface area contributed by atoms with Crippen molar-refractivity contribution in [3.05, 3.63) is 59.7 Å². The zero-order valence-corrected chi connectivity index (χ0v) is 16.1. The van der Waals surface area contributed by atoms with E-state index in [4.69, 9.17) is 9.47 Å². The monoisotopic (exact) mass is 368 g/mol. The number of amides is 1. The van der Waals surface area contributed by atoms with E-state index in [9.17, 15) is 4.79 Å². The largest absolute Gasteiger partial charge is 0.497 e. The van der Waals surface area contributed by atoms with E-state index in [1.807, 2.05) is 43.3 Å². The second-order valence-electron chi connectivity index (χ2n) is 6.89. The molecule has 144 valence electrons. The molecular formula is C22H28N2O3. The van der Waals surface area contributed by atoms with Crippen molar-refractivity contribution >= 4 is 5.91 Å². The molecule has 1 N–H and O–H groups in total. The fraction of sp³-hybridized carbons (Fsp3) is 0.409. The summed E-state index contributed by atoms with van der Waals surface area (Å²) < 4.78 is 10.9. The van der Waals surface area contributed by atoms with Crippen LogP contribution in [0.15, 0.2) is 48.5 Å². The number of rotatable bonds is 8. The third-order valence-electron chi connectivity index (χ3n) is 5.03. The number of likely N-dealkylation sites (tertiary alicyclic amines) is 1. The Morgan fingerprint density at radius 1 is 1.11 bits per heavy atom. The minimum atomic E-state index is -0.101. The molecule has 27 heavy (non-hydrogen) atoms. The van der Waals surface area contributed by atoms with Gasteiger partial charge in [0.05, 0.1) is 13.2 Å². The minimum absolute atomic E-state index is 0.0280. The number of methoxy groups -OCH3 is 1. The maximum absolute atomic E-state index is 12.3. The van der Waals surface area contributed by atoms with E-state index in [1.165, 1.54) is 18.4 Å². The third-order valence-corrected chi connectivity index (χ3v) is 5.03. The number of ether oxygens (including phenoxy) is 2. The standard InChI is InChI=1S/C22H28N2O3/c1-17-7-3-4-8-21(17)27-16-22(25)23-15-20(24-13-5-6-14-24)18-9-11-19(26-2)12-10-18/h3-4,7-12,20H,5-6,13-16H2,1-2H3,(H,23,25)/t20-/m0/s1. The van der Waals surface area contributed by atoms with Crippen LogP contribution in [0.4, 0.5) is 0 Å². The number of hydrogen-bond donors (Lipinski definition) is 1. The van der Waals surface area contributed by atoms with Crippen molar-refractivity contribution in [2.24, 2.45) is 0 Å². The summed E-state index contributed by atoms with van der Waals surface area (Å²) in [5.41, 5.74) is 2.22. The van der Waals surface area contributed by atoms with Gasteiger partial charge in [0.25, 0.3) is 5.91 Å². The molecule has 1 fully saturated rings. The summed E-state index contributed by atoms with van der Waals surface area (Å²) in [6.07, 6.45) is 2.41. The molecule has 0 saturated carbocycles. The lowest BCUT2D eigenvalue weighted by molar-refractivity contribution is -0.123. The Kier molecular flexibility index (Phi) is 6.71. The lowest BCUT2D eigenvalue weighted by Crippen LogP contribution is -2.38. The molecule has 1 saturated heterocycles. The average Bonchev–Trinajstić information content (AvgIpc) is 3.22. The molecule has 1 atom stereocenters. The molecule has 0 unspecified atom stereocenters. The number of hydrogen-bond acceptors (Lipinski definition) is 4. The first-order valence-electron chi connectivity index (χ1n) is 9.50. The Morgan fingerprint density at radius 2 is 1.81 bits per heavy atom. The van der Waals surface area contributed by atoms with E-state index < -0.39 is 0 Å². The first kappa shape index (κ1) is 19.2. The highest BCUT2D eigenvalue weighted by molar-refractivity contribution is 5.77. The van der Waals surface area contributed by atoms with Crippen molar-refractivity contribution in [3.8, 4) is 11.5 Å². The van der Waals surface area contributed by atoms with Crippen molar-refractivity contribution in [2.75, 3.05) is 33.4 Å². The van der Waals surface area contributed by atoms with Gasteiger partial charge >= 0.3 is 0 Å². The van der Waals surface area contributed by atoms with Crippen molar-refractivity contribution < 1.29 is 14.3 Å². The van der Waals surface area contributed by atoms with Crippen LogP contribution in [-0.4, -0.2) is 44.2 Å². The van der Waals surface area contributed by atoms with Crippen LogP contribution in [0.5, 0.6) is 11.5 Å². The molecule has 0 aromatic heterocycles. The zero-order valence-electron chi connectivity index (χ0n) is 16.1. The molecule has 5 heteroatoms. The third kappa shape index (κ3) is 5.23. The molecular weight excluding hydrogens is 340 g/mol. The Morgan fingerprint density at radius 3 is 2.48 bits per heavy atom. The number of para-hydroxylation sites is 1. The predicted molar refractivity (Wildman–Crippen MR) is 106 cm³/mol. The molecule has 1 aliphatic heterocycles. The minimum Gasteiger partial charge on any atom is -0.497 e. The smallest absolute Gasteiger partial charge is 0.258 e. The predicted octanol–water partition coefficient (Wildman–Crippen LogP) is 3.34. The molecule has 0 bridgehead atoms. The Balaban J connectivity index is 1.58. The molecule has 0 aliphatic carbocycles. The number of carbonyl (C=O) groups excluding carboxylic acids is 1. The van der Waals surface area contributed by atoms with Gasteiger partial charge in [0.2, 0.25) is 0 Å². The van der Waals surface area contributed by atoms with E-state index in [0.29, 0.717) is 6.54 Å². The van der Waals surface area contributed by atoms with Crippen LogP contribution < -0.4 is 14.8 Å². The van der Waals surface area contributed by atoms with Gasteiger partial charge in [-0.2, -0.15) is 0 Å². The number of nitrogens with one attached hydrogen (secondary N) is 1. The topological polar surface area (TPSA) is 50.8 Å². The fourth-order valence-corrected chi connectivity index (χ4v) is 3.46. The van der Waals surface area contributed by atoms with Gasteiger partial charge in [-0.05, 0) is 62.2 Å². The summed E-state index contributed by atoms with van der Waals surface area (Å²) in [5.74, 6) is 1.49. The lowest BCUT2D eigenvalue weighted by atomic mass is 10.1. The van der Waals surface area contributed by atoms with Gasteiger partial charge in [0, 0.05) is 6.54 Å². The van der Waals surface area contributed by atoms with Crippen LogP contribution in [0.25, 0.3) is 0 Å². The summed E-state index contributed by atoms with van der Waals surface area (Å²) in [4.78, 5) is 14.7. The summed E-state index contributed by atoms with van der Waals surface area (Å²) in [6, 6.07) is 16.0. The number of nitrogens with zero attached hydrogens (tertiary/aromatic N) is 1. The molecule has 0 radical (unpaired) electrons. The molecule has 3 rings (SSSR count). The summed E-state index contributed by atoms with van der Waals surface area (Å²) in [5, 5.41) is 3.04. The van der Waals surface area contributed by atoms with Crippen molar-refractivity contribution in [1.82, 2.24) is 10.2 Å². The van der Waals surface area contributed by atoms with Gasteiger partial charge < -0.3 is 14.8 Å². The summed E-state index contributed by atoms with van der Waals surface area (Å²) in [7, 11) is 1.67. The highest BCUT2D eigenvalue weighted by Gasteiger charge is 2.24.